The summed E-state index contributed by atoms with van der Waals surface area (Å²) in [4.78, 5) is 32.0. The van der Waals surface area contributed by atoms with E-state index in [1.165, 1.54) is 8.46 Å². The van der Waals surface area contributed by atoms with Crippen molar-refractivity contribution in [3.05, 3.63) is 0 Å². The molecule has 0 spiro atoms. The molecule has 0 N–H and O–H groups in total. The molecule has 0 aliphatic heterocycles. The van der Waals surface area contributed by atoms with E-state index >= 15 is 0 Å². The first-order valence-corrected chi connectivity index (χ1v) is 8.55. The summed E-state index contributed by atoms with van der Waals surface area (Å²) >= 11 is 4.55. The van der Waals surface area contributed by atoms with Gasteiger partial charge in [-0.15, -0.1) is 0 Å². The van der Waals surface area contributed by atoms with E-state index in [-0.39, 0.29) is 0 Å². The van der Waals surface area contributed by atoms with E-state index in [0.717, 1.165) is 0 Å². The van der Waals surface area contributed by atoms with Gasteiger partial charge in [0, 0.05) is 0 Å². The van der Waals surface area contributed by atoms with Gasteiger partial charge in [0.1, 0.15) is 27.2 Å². The summed E-state index contributed by atoms with van der Waals surface area (Å²) in [6.45, 7) is 8.00. The van der Waals surface area contributed by atoms with Gasteiger partial charge >= 0.3 is 49.1 Å². The summed E-state index contributed by atoms with van der Waals surface area (Å²) < 4.78 is 0. The molecule has 70 valence electrons. The van der Waals surface area contributed by atoms with Crippen LogP contribution in [0, 0.1) is 0 Å². The molecular weight excluding hydrogens is 422 g/mol. The molecule has 0 rings (SSSR count). The van der Waals surface area contributed by atoms with Gasteiger partial charge in [-0.1, -0.05) is 0 Å². The van der Waals surface area contributed by atoms with E-state index in [9.17, 15) is 0 Å². The predicted octanol–water partition coefficient (Wildman–Crippen LogP) is 1.03. The Kier molecular flexibility index (Phi) is 981. The Morgan fingerprint density at radius 3 is 0.636 bits per heavy atom. The third-order valence-electron chi connectivity index (χ3n) is 0. The molecule has 0 saturated heterocycles. The minimum atomic E-state index is 1.19. The normalized spacial score (nSPS) is 3.45. The molecule has 7 heteroatoms. The fourth-order valence-electron chi connectivity index (χ4n) is 0. The number of halogens is 2. The van der Waals surface area contributed by atoms with Crippen LogP contribution >= 0.6 is 40.7 Å². The second-order valence-corrected chi connectivity index (χ2v) is 9.37. The van der Waals surface area contributed by atoms with Gasteiger partial charge in [0.2, 0.25) is 0 Å². The molecule has 0 amide bonds. The zero-order valence-electron chi connectivity index (χ0n) is 5.57. The Morgan fingerprint density at radius 1 is 0.636 bits per heavy atom. The maximum atomic E-state index is 8.00. The summed E-state index contributed by atoms with van der Waals surface area (Å²) in [5.74, 6) is 0. The van der Waals surface area contributed by atoms with Crippen LogP contribution in [0.2, 0.25) is 0 Å². The summed E-state index contributed by atoms with van der Waals surface area (Å²) in [6.07, 6.45) is 0. The Morgan fingerprint density at radius 2 is 0.636 bits per heavy atom. The van der Waals surface area contributed by atoms with Crippen LogP contribution in [0.5, 0.6) is 0 Å². The van der Waals surface area contributed by atoms with Crippen LogP contribution in [0.1, 0.15) is 0 Å². The van der Waals surface area contributed by atoms with E-state index < -0.39 is 0 Å². The van der Waals surface area contributed by atoms with Gasteiger partial charge in [-0.3, -0.25) is 0 Å². The SMILES string of the molecule is C=O.C=O.C=O.C=O.[I][Fe][I]. The Balaban J connectivity index is -0.0000000139. The van der Waals surface area contributed by atoms with Crippen LogP contribution in [0.15, 0.2) is 0 Å². The first-order chi connectivity index (χ1) is 5.41. The second kappa shape index (κ2) is 361. The van der Waals surface area contributed by atoms with Crippen molar-refractivity contribution in [2.75, 3.05) is 0 Å². The van der Waals surface area contributed by atoms with Crippen molar-refractivity contribution in [1.82, 2.24) is 0 Å². The summed E-state index contributed by atoms with van der Waals surface area (Å²) in [5, 5.41) is 0. The van der Waals surface area contributed by atoms with Gasteiger partial charge in [0.15, 0.2) is 0 Å². The van der Waals surface area contributed by atoms with Crippen LogP contribution in [0.4, 0.5) is 0 Å². The van der Waals surface area contributed by atoms with Crippen molar-refractivity contribution >= 4 is 67.8 Å². The molecular formula is C4H8FeI2O4. The number of carbonyl (C=O) groups excluding carboxylic acids is 4. The fourth-order valence-corrected chi connectivity index (χ4v) is 0. The van der Waals surface area contributed by atoms with Gasteiger partial charge in [0.25, 0.3) is 0 Å². The van der Waals surface area contributed by atoms with Crippen molar-refractivity contribution in [3.8, 4) is 0 Å². The third kappa shape index (κ3) is 1840. The molecule has 0 unspecified atom stereocenters. The number of carbonyl (C=O) groups is 4. The van der Waals surface area contributed by atoms with Gasteiger partial charge in [0.05, 0.1) is 0 Å². The standard InChI is InChI=1S/4CH2O.Fe.2HI/c4*1-2;;;/h4*1H2;;2*1H/q;;;;+2;;/p-2. The van der Waals surface area contributed by atoms with E-state index in [2.05, 4.69) is 40.7 Å². The van der Waals surface area contributed by atoms with Crippen LogP contribution in [0.3, 0.4) is 0 Å². The monoisotopic (exact) mass is 430 g/mol. The molecule has 0 atom stereocenters. The molecule has 0 aliphatic rings. The Labute approximate surface area is 94.5 Å². The van der Waals surface area contributed by atoms with Crippen LogP contribution in [-0.4, -0.2) is 27.2 Å². The summed E-state index contributed by atoms with van der Waals surface area (Å²) in [7, 11) is 1.19. The van der Waals surface area contributed by atoms with Crippen molar-refractivity contribution in [2.45, 2.75) is 0 Å². The molecule has 0 radical (unpaired) electrons. The van der Waals surface area contributed by atoms with Crippen LogP contribution < -0.4 is 0 Å². The molecule has 0 heterocycles. The van der Waals surface area contributed by atoms with Gasteiger partial charge in [-0.05, 0) is 0 Å². The molecule has 11 heavy (non-hydrogen) atoms. The molecule has 0 aromatic carbocycles. The molecule has 0 aromatic rings. The molecule has 0 fully saturated rings. The van der Waals surface area contributed by atoms with Gasteiger partial charge in [-0.25, -0.2) is 0 Å². The molecule has 0 saturated carbocycles. The topological polar surface area (TPSA) is 68.3 Å². The first kappa shape index (κ1) is 29.9. The fraction of sp³-hybridized carbons (Fsp3) is 0. The molecule has 4 nitrogen and oxygen atoms in total. The van der Waals surface area contributed by atoms with E-state index in [1.807, 2.05) is 27.2 Å². The predicted molar refractivity (Wildman–Crippen MR) is 56.5 cm³/mol. The van der Waals surface area contributed by atoms with Gasteiger partial charge < -0.3 is 19.2 Å². The second-order valence-electron chi connectivity index (χ2n) is 0.0505. The van der Waals surface area contributed by atoms with E-state index in [1.54, 1.807) is 0 Å². The zero-order valence-corrected chi connectivity index (χ0v) is 11.0. The average molecular weight is 430 g/mol. The molecule has 0 aliphatic carbocycles. The molecule has 0 aromatic heterocycles. The third-order valence-corrected chi connectivity index (χ3v) is 0. The summed E-state index contributed by atoms with van der Waals surface area (Å²) in [5.41, 5.74) is 0. The van der Waals surface area contributed by atoms with Crippen molar-refractivity contribution in [3.63, 3.8) is 0 Å². The van der Waals surface area contributed by atoms with Gasteiger partial charge in [-0.2, -0.15) is 0 Å². The number of hydrogen-bond acceptors (Lipinski definition) is 4. The number of rotatable bonds is 0. The van der Waals surface area contributed by atoms with Crippen molar-refractivity contribution < 1.29 is 27.6 Å². The van der Waals surface area contributed by atoms with Crippen LogP contribution in [0.25, 0.3) is 0 Å². The average Bonchev–Trinajstić information content (AvgIpc) is 2.18. The van der Waals surface area contributed by atoms with Crippen molar-refractivity contribution in [1.29, 1.82) is 0 Å². The Hall–Kier alpha value is 0.659. The van der Waals surface area contributed by atoms with Crippen molar-refractivity contribution in [2.24, 2.45) is 0 Å². The zero-order chi connectivity index (χ0) is 10.7. The quantitative estimate of drug-likeness (QED) is 0.426. The van der Waals surface area contributed by atoms with E-state index in [4.69, 9.17) is 19.2 Å². The Bertz CT molecular complexity index is 35.3. The first-order valence-electron chi connectivity index (χ1n) is 1.42. The summed E-state index contributed by atoms with van der Waals surface area (Å²) in [6, 6.07) is 0. The van der Waals surface area contributed by atoms with Crippen LogP contribution in [-0.2, 0) is 27.6 Å². The minimum absolute atomic E-state index is 1.19. The van der Waals surface area contributed by atoms with E-state index in [0.29, 0.717) is 0 Å². The number of hydrogen-bond donors (Lipinski definition) is 0. The molecule has 0 bridgehead atoms. The maximum absolute atomic E-state index is 8.00.